The van der Waals surface area contributed by atoms with E-state index in [4.69, 9.17) is 0 Å². The molecular weight excluding hydrogens is 288 g/mol. The van der Waals surface area contributed by atoms with Crippen LogP contribution >= 0.6 is 11.8 Å². The Morgan fingerprint density at radius 1 is 1.38 bits per heavy atom. The second kappa shape index (κ2) is 5.36. The molecule has 0 unspecified atom stereocenters. The summed E-state index contributed by atoms with van der Waals surface area (Å²) in [7, 11) is 1.78. The van der Waals surface area contributed by atoms with Crippen molar-refractivity contribution >= 4 is 23.7 Å². The van der Waals surface area contributed by atoms with Gasteiger partial charge in [0, 0.05) is 35.9 Å². The maximum Gasteiger partial charge on any atom is 0.325 e. The fraction of sp³-hybridized carbons (Fsp3) is 0.643. The molecule has 1 aliphatic heterocycles. The molecule has 1 fully saturated rings. The smallest absolute Gasteiger partial charge is 0.319 e. The number of carbonyl (C=O) groups is 2. The van der Waals surface area contributed by atoms with Gasteiger partial charge in [0.2, 0.25) is 0 Å². The van der Waals surface area contributed by atoms with E-state index in [1.165, 1.54) is 4.90 Å². The number of urea groups is 1. The van der Waals surface area contributed by atoms with Crippen molar-refractivity contribution in [1.29, 1.82) is 0 Å². The Bertz CT molecular complexity index is 564. The van der Waals surface area contributed by atoms with Gasteiger partial charge in [0.1, 0.15) is 5.54 Å². The minimum Gasteiger partial charge on any atom is -0.319 e. The second-order valence-corrected chi connectivity index (χ2v) is 8.30. The predicted molar refractivity (Wildman–Crippen MR) is 83.0 cm³/mol. The summed E-state index contributed by atoms with van der Waals surface area (Å²) in [5.74, 6) is 0.515. The first kappa shape index (κ1) is 15.9. The molecule has 0 aromatic carbocycles. The van der Waals surface area contributed by atoms with Crippen molar-refractivity contribution < 1.29 is 9.59 Å². The van der Waals surface area contributed by atoms with Gasteiger partial charge in [0.25, 0.3) is 5.91 Å². The van der Waals surface area contributed by atoms with Crippen LogP contribution in [0.4, 0.5) is 4.79 Å². The van der Waals surface area contributed by atoms with E-state index in [9.17, 15) is 9.59 Å². The largest absolute Gasteiger partial charge is 0.325 e. The van der Waals surface area contributed by atoms with Gasteiger partial charge in [-0.3, -0.25) is 14.4 Å². The maximum atomic E-state index is 12.6. The summed E-state index contributed by atoms with van der Waals surface area (Å²) in [6, 6.07) is -0.333. The van der Waals surface area contributed by atoms with Crippen molar-refractivity contribution in [2.45, 2.75) is 38.0 Å². The van der Waals surface area contributed by atoms with Gasteiger partial charge in [-0.25, -0.2) is 4.79 Å². The molecule has 1 aromatic heterocycles. The molecule has 0 spiro atoms. The van der Waals surface area contributed by atoms with Crippen LogP contribution in [-0.2, 0) is 17.4 Å². The molecule has 1 saturated heterocycles. The first-order chi connectivity index (χ1) is 9.63. The Morgan fingerprint density at radius 3 is 2.57 bits per heavy atom. The first-order valence-electron chi connectivity index (χ1n) is 6.91. The van der Waals surface area contributed by atoms with E-state index in [0.717, 1.165) is 5.75 Å². The van der Waals surface area contributed by atoms with E-state index in [2.05, 4.69) is 31.2 Å². The number of hydrogen-bond donors (Lipinski definition) is 1. The lowest BCUT2D eigenvalue weighted by molar-refractivity contribution is -0.130. The van der Waals surface area contributed by atoms with Gasteiger partial charge in [-0.2, -0.15) is 16.9 Å². The van der Waals surface area contributed by atoms with Crippen molar-refractivity contribution in [2.75, 3.05) is 12.3 Å². The highest BCUT2D eigenvalue weighted by Gasteiger charge is 2.49. The van der Waals surface area contributed by atoms with Crippen LogP contribution in [0.1, 0.15) is 33.3 Å². The standard InChI is InChI=1S/C14H22N4O2S/c1-13(2,3)21-7-6-18-11(19)14(4,16-12(18)20)10-8-15-17(5)9-10/h8-9H,6-7H2,1-5H3,(H,16,20)/t14-/m1/s1. The predicted octanol–water partition coefficient (Wildman–Crippen LogP) is 1.72. The highest BCUT2D eigenvalue weighted by atomic mass is 32.2. The summed E-state index contributed by atoms with van der Waals surface area (Å²) in [5, 5.41) is 6.86. The fourth-order valence-electron chi connectivity index (χ4n) is 2.22. The number of rotatable bonds is 4. The average molecular weight is 310 g/mol. The number of aromatic nitrogens is 2. The quantitative estimate of drug-likeness (QED) is 0.860. The number of imide groups is 1. The highest BCUT2D eigenvalue weighted by molar-refractivity contribution is 8.00. The van der Waals surface area contributed by atoms with Crippen molar-refractivity contribution in [3.05, 3.63) is 18.0 Å². The Labute approximate surface area is 129 Å². The summed E-state index contributed by atoms with van der Waals surface area (Å²) in [6.45, 7) is 8.49. The van der Waals surface area contributed by atoms with Gasteiger partial charge in [-0.1, -0.05) is 20.8 Å². The zero-order valence-electron chi connectivity index (χ0n) is 13.1. The van der Waals surface area contributed by atoms with E-state index in [-0.39, 0.29) is 16.7 Å². The van der Waals surface area contributed by atoms with E-state index < -0.39 is 5.54 Å². The molecule has 1 N–H and O–H groups in total. The lowest BCUT2D eigenvalue weighted by Gasteiger charge is -2.21. The van der Waals surface area contributed by atoms with Crippen LogP contribution in [0, 0.1) is 0 Å². The molecule has 7 heteroatoms. The van der Waals surface area contributed by atoms with Crippen LogP contribution in [-0.4, -0.2) is 43.7 Å². The molecule has 2 heterocycles. The van der Waals surface area contributed by atoms with Gasteiger partial charge >= 0.3 is 6.03 Å². The lowest BCUT2D eigenvalue weighted by Crippen LogP contribution is -2.41. The fourth-order valence-corrected chi connectivity index (χ4v) is 3.10. The Balaban J connectivity index is 2.09. The van der Waals surface area contributed by atoms with Gasteiger partial charge < -0.3 is 5.32 Å². The number of aryl methyl sites for hydroxylation is 1. The van der Waals surface area contributed by atoms with Crippen molar-refractivity contribution in [3.63, 3.8) is 0 Å². The lowest BCUT2D eigenvalue weighted by atomic mass is 9.95. The number of carbonyl (C=O) groups excluding carboxylic acids is 2. The van der Waals surface area contributed by atoms with Gasteiger partial charge in [0.15, 0.2) is 0 Å². The third-order valence-electron chi connectivity index (χ3n) is 3.41. The van der Waals surface area contributed by atoms with Crippen molar-refractivity contribution in [1.82, 2.24) is 20.0 Å². The number of thioether (sulfide) groups is 1. The maximum absolute atomic E-state index is 12.6. The van der Waals surface area contributed by atoms with Crippen molar-refractivity contribution in [3.8, 4) is 0 Å². The summed E-state index contributed by atoms with van der Waals surface area (Å²) in [4.78, 5) is 26.0. The number of nitrogens with zero attached hydrogens (tertiary/aromatic N) is 3. The Morgan fingerprint density at radius 2 is 2.05 bits per heavy atom. The molecule has 21 heavy (non-hydrogen) atoms. The van der Waals surface area contributed by atoms with Crippen LogP contribution in [0.3, 0.4) is 0 Å². The van der Waals surface area contributed by atoms with E-state index in [1.54, 1.807) is 42.8 Å². The van der Waals surface area contributed by atoms with Crippen LogP contribution in [0.15, 0.2) is 12.4 Å². The van der Waals surface area contributed by atoms with Crippen LogP contribution in [0.5, 0.6) is 0 Å². The molecule has 0 aliphatic carbocycles. The number of nitrogens with one attached hydrogen (secondary N) is 1. The highest BCUT2D eigenvalue weighted by Crippen LogP contribution is 2.29. The zero-order valence-corrected chi connectivity index (χ0v) is 14.0. The Hall–Kier alpha value is -1.50. The van der Waals surface area contributed by atoms with Crippen molar-refractivity contribution in [2.24, 2.45) is 7.05 Å². The van der Waals surface area contributed by atoms with Crippen LogP contribution in [0.25, 0.3) is 0 Å². The summed E-state index contributed by atoms with van der Waals surface area (Å²) in [5.41, 5.74) is -0.313. The molecule has 6 nitrogen and oxygen atoms in total. The number of amides is 3. The first-order valence-corrected chi connectivity index (χ1v) is 7.89. The van der Waals surface area contributed by atoms with Gasteiger partial charge in [-0.15, -0.1) is 0 Å². The molecule has 1 aromatic rings. The third kappa shape index (κ3) is 3.23. The molecule has 116 valence electrons. The average Bonchev–Trinajstić information content (AvgIpc) is 2.86. The topological polar surface area (TPSA) is 67.2 Å². The monoisotopic (exact) mass is 310 g/mol. The molecule has 0 bridgehead atoms. The summed E-state index contributed by atoms with van der Waals surface area (Å²) < 4.78 is 1.74. The van der Waals surface area contributed by atoms with Crippen LogP contribution in [0.2, 0.25) is 0 Å². The summed E-state index contributed by atoms with van der Waals surface area (Å²) >= 11 is 1.73. The van der Waals surface area contributed by atoms with E-state index >= 15 is 0 Å². The molecule has 2 rings (SSSR count). The van der Waals surface area contributed by atoms with E-state index in [0.29, 0.717) is 12.1 Å². The normalized spacial score (nSPS) is 22.8. The molecule has 0 radical (unpaired) electrons. The van der Waals surface area contributed by atoms with E-state index in [1.807, 2.05) is 0 Å². The molecule has 1 atom stereocenters. The molecule has 1 aliphatic rings. The van der Waals surface area contributed by atoms with Crippen LogP contribution < -0.4 is 5.32 Å². The number of hydrogen-bond acceptors (Lipinski definition) is 4. The Kier molecular flexibility index (Phi) is 4.06. The minimum absolute atomic E-state index is 0.117. The molecule has 0 saturated carbocycles. The second-order valence-electron chi connectivity index (χ2n) is 6.38. The summed E-state index contributed by atoms with van der Waals surface area (Å²) in [6.07, 6.45) is 3.37. The SMILES string of the molecule is Cn1cc([C@@]2(C)NC(=O)N(CCSC(C)(C)C)C2=O)cn1. The van der Waals surface area contributed by atoms with Gasteiger partial charge in [0.05, 0.1) is 6.20 Å². The minimum atomic E-state index is -1.02. The molecular formula is C14H22N4O2S. The molecule has 3 amide bonds. The third-order valence-corrected chi connectivity index (χ3v) is 4.66. The zero-order chi connectivity index (χ0) is 15.8. The van der Waals surface area contributed by atoms with Gasteiger partial charge in [-0.05, 0) is 6.92 Å².